The third-order valence-electron chi connectivity index (χ3n) is 2.74. The summed E-state index contributed by atoms with van der Waals surface area (Å²) in [7, 11) is 0. The average Bonchev–Trinajstić information content (AvgIpc) is 2.54. The number of rotatable bonds is 3. The van der Waals surface area contributed by atoms with Gasteiger partial charge in [-0.15, -0.1) is 0 Å². The molecular formula is C9H12F2N4O4. The van der Waals surface area contributed by atoms with Crippen LogP contribution in [0.3, 0.4) is 0 Å². The molecule has 2 unspecified atom stereocenters. The molecule has 10 heteroatoms. The lowest BCUT2D eigenvalue weighted by molar-refractivity contribution is -0.141. The Kier molecular flexibility index (Phi) is 3.49. The minimum atomic E-state index is -3.69. The van der Waals surface area contributed by atoms with E-state index in [0.29, 0.717) is 4.57 Å². The monoisotopic (exact) mass is 278 g/mol. The average molecular weight is 278 g/mol. The molecule has 8 nitrogen and oxygen atoms in total. The summed E-state index contributed by atoms with van der Waals surface area (Å²) in [6, 6.07) is 1.17. The number of nitrogen functional groups attached to an aromatic ring is 1. The maximum atomic E-state index is 13.9. The summed E-state index contributed by atoms with van der Waals surface area (Å²) in [5.41, 5.74) is 4.25. The molecule has 1 fully saturated rings. The third kappa shape index (κ3) is 2.30. The smallest absolute Gasteiger partial charge is 0.351 e. The van der Waals surface area contributed by atoms with Crippen molar-refractivity contribution in [3.8, 4) is 0 Å². The minimum absolute atomic E-state index is 0.107. The number of hydrogen-bond donors (Lipinski definition) is 3. The molecule has 5 N–H and O–H groups in total. The van der Waals surface area contributed by atoms with Crippen molar-refractivity contribution < 1.29 is 23.5 Å². The molecule has 0 bridgehead atoms. The van der Waals surface area contributed by atoms with Crippen LogP contribution in [0, 0.1) is 0 Å². The van der Waals surface area contributed by atoms with Gasteiger partial charge in [-0.2, -0.15) is 13.8 Å². The number of ether oxygens (including phenoxy) is 1. The van der Waals surface area contributed by atoms with Gasteiger partial charge in [0.1, 0.15) is 11.9 Å². The summed E-state index contributed by atoms with van der Waals surface area (Å²) in [5.74, 6) is 0.963. The number of nitrogens with two attached hydrogens (primary N) is 2. The number of aliphatic hydroxyl groups is 1. The summed E-state index contributed by atoms with van der Waals surface area (Å²) in [6.07, 6.45) is -4.48. The summed E-state index contributed by atoms with van der Waals surface area (Å²) >= 11 is 0. The number of aliphatic hydroxyl groups excluding tert-OH is 1. The molecule has 0 saturated carbocycles. The van der Waals surface area contributed by atoms with Crippen molar-refractivity contribution in [1.82, 2.24) is 9.55 Å². The number of aromatic nitrogens is 2. The van der Waals surface area contributed by atoms with Crippen LogP contribution in [-0.4, -0.2) is 39.4 Å². The highest BCUT2D eigenvalue weighted by molar-refractivity contribution is 5.23. The van der Waals surface area contributed by atoms with E-state index in [4.69, 9.17) is 16.4 Å². The molecule has 2 heterocycles. The van der Waals surface area contributed by atoms with Crippen molar-refractivity contribution in [3.05, 3.63) is 22.7 Å². The summed E-state index contributed by atoms with van der Waals surface area (Å²) < 4.78 is 33.2. The van der Waals surface area contributed by atoms with E-state index in [2.05, 4.69) is 9.82 Å². The van der Waals surface area contributed by atoms with Crippen LogP contribution in [-0.2, 0) is 9.57 Å². The molecule has 1 aromatic heterocycles. The highest BCUT2D eigenvalue weighted by atomic mass is 19.3. The van der Waals surface area contributed by atoms with Gasteiger partial charge in [-0.3, -0.25) is 4.57 Å². The van der Waals surface area contributed by atoms with Gasteiger partial charge in [0, 0.05) is 6.20 Å². The number of halogens is 2. The first-order valence-electron chi connectivity index (χ1n) is 5.25. The van der Waals surface area contributed by atoms with Gasteiger partial charge in [0.05, 0.1) is 6.61 Å². The molecular weight excluding hydrogens is 266 g/mol. The molecule has 1 aromatic rings. The topological polar surface area (TPSA) is 126 Å². The van der Waals surface area contributed by atoms with Crippen LogP contribution in [0.25, 0.3) is 0 Å². The van der Waals surface area contributed by atoms with Gasteiger partial charge in [0.25, 0.3) is 0 Å². The van der Waals surface area contributed by atoms with E-state index in [0.717, 1.165) is 6.20 Å². The zero-order valence-corrected chi connectivity index (χ0v) is 9.57. The van der Waals surface area contributed by atoms with Crippen LogP contribution >= 0.6 is 0 Å². The molecule has 0 spiro atoms. The second-order valence-corrected chi connectivity index (χ2v) is 4.02. The summed E-state index contributed by atoms with van der Waals surface area (Å²) in [4.78, 5) is 19.0. The van der Waals surface area contributed by atoms with E-state index in [-0.39, 0.29) is 5.82 Å². The van der Waals surface area contributed by atoms with Crippen molar-refractivity contribution >= 4 is 5.82 Å². The highest BCUT2D eigenvalue weighted by Crippen LogP contribution is 2.42. The Morgan fingerprint density at radius 3 is 2.89 bits per heavy atom. The fraction of sp³-hybridized carbons (Fsp3) is 0.556. The predicted molar refractivity (Wildman–Crippen MR) is 57.9 cm³/mol. The second-order valence-electron chi connectivity index (χ2n) is 4.02. The Labute approximate surface area is 105 Å². The van der Waals surface area contributed by atoms with E-state index in [1.807, 2.05) is 0 Å². The third-order valence-corrected chi connectivity index (χ3v) is 2.74. The summed E-state index contributed by atoms with van der Waals surface area (Å²) in [5, 5.41) is 9.45. The fourth-order valence-corrected chi connectivity index (χ4v) is 1.81. The molecule has 1 aliphatic rings. The normalized spacial score (nSPS) is 29.6. The largest absolute Gasteiger partial charge is 0.384 e. The quantitative estimate of drug-likeness (QED) is 0.581. The molecule has 106 valence electrons. The summed E-state index contributed by atoms with van der Waals surface area (Å²) in [6.45, 7) is -0.440. The second kappa shape index (κ2) is 4.81. The zero-order valence-electron chi connectivity index (χ0n) is 9.57. The lowest BCUT2D eigenvalue weighted by Gasteiger charge is -2.20. The maximum absolute atomic E-state index is 13.9. The van der Waals surface area contributed by atoms with Gasteiger partial charge in [-0.25, -0.2) is 10.7 Å². The maximum Gasteiger partial charge on any atom is 0.351 e. The standard InChI is InChI=1S/C9H12F2N4O4/c10-9(11)6(16)4(3-18-13)19-7(9)15-2-1-5(12)14-8(15)17/h1-2,4,6-7,16H,3,13H2,(H2,12,14,17)/t4?,6-,7?/m0/s1. The first-order valence-corrected chi connectivity index (χ1v) is 5.25. The van der Waals surface area contributed by atoms with Gasteiger partial charge < -0.3 is 20.4 Å². The van der Waals surface area contributed by atoms with Crippen LogP contribution in [0.2, 0.25) is 0 Å². The van der Waals surface area contributed by atoms with Gasteiger partial charge >= 0.3 is 11.6 Å². The first-order chi connectivity index (χ1) is 8.87. The van der Waals surface area contributed by atoms with E-state index in [1.165, 1.54) is 6.07 Å². The molecule has 1 saturated heterocycles. The van der Waals surface area contributed by atoms with Crippen molar-refractivity contribution in [2.75, 3.05) is 12.3 Å². The lowest BCUT2D eigenvalue weighted by Crippen LogP contribution is -2.42. The predicted octanol–water partition coefficient (Wildman–Crippen LogP) is -1.39. The SMILES string of the molecule is NOCC1OC(n2ccc(N)nc2=O)C(F)(F)[C@H]1O. The van der Waals surface area contributed by atoms with Crippen LogP contribution in [0.15, 0.2) is 17.1 Å². The molecule has 0 aliphatic carbocycles. The van der Waals surface area contributed by atoms with Crippen LogP contribution in [0.1, 0.15) is 6.23 Å². The Balaban J connectivity index is 2.36. The van der Waals surface area contributed by atoms with Crippen molar-refractivity contribution in [2.24, 2.45) is 5.90 Å². The van der Waals surface area contributed by atoms with Gasteiger partial charge in [0.15, 0.2) is 6.10 Å². The number of alkyl halides is 2. The van der Waals surface area contributed by atoms with Gasteiger partial charge in [-0.1, -0.05) is 0 Å². The van der Waals surface area contributed by atoms with Crippen molar-refractivity contribution in [1.29, 1.82) is 0 Å². The Hall–Kier alpha value is -1.62. The number of nitrogens with zero attached hydrogens (tertiary/aromatic N) is 2. The highest BCUT2D eigenvalue weighted by Gasteiger charge is 2.59. The van der Waals surface area contributed by atoms with Crippen LogP contribution < -0.4 is 17.3 Å². The molecule has 0 amide bonds. The van der Waals surface area contributed by atoms with E-state index in [9.17, 15) is 18.7 Å². The zero-order chi connectivity index (χ0) is 14.2. The first kappa shape index (κ1) is 13.8. The molecule has 3 atom stereocenters. The van der Waals surface area contributed by atoms with Crippen LogP contribution in [0.4, 0.5) is 14.6 Å². The molecule has 0 aromatic carbocycles. The number of anilines is 1. The Morgan fingerprint density at radius 2 is 2.32 bits per heavy atom. The van der Waals surface area contributed by atoms with E-state index in [1.54, 1.807) is 0 Å². The van der Waals surface area contributed by atoms with Crippen molar-refractivity contribution in [3.63, 3.8) is 0 Å². The van der Waals surface area contributed by atoms with E-state index >= 15 is 0 Å². The molecule has 1 aliphatic heterocycles. The van der Waals surface area contributed by atoms with E-state index < -0.39 is 36.7 Å². The molecule has 19 heavy (non-hydrogen) atoms. The molecule has 2 rings (SSSR count). The Bertz CT molecular complexity index is 523. The van der Waals surface area contributed by atoms with Crippen LogP contribution in [0.5, 0.6) is 0 Å². The van der Waals surface area contributed by atoms with Crippen molar-refractivity contribution in [2.45, 2.75) is 24.4 Å². The fourth-order valence-electron chi connectivity index (χ4n) is 1.81. The Morgan fingerprint density at radius 1 is 1.63 bits per heavy atom. The lowest BCUT2D eigenvalue weighted by atomic mass is 10.1. The molecule has 0 radical (unpaired) electrons. The minimum Gasteiger partial charge on any atom is -0.384 e. The van der Waals surface area contributed by atoms with Gasteiger partial charge in [-0.05, 0) is 6.07 Å². The van der Waals surface area contributed by atoms with Gasteiger partial charge in [0.2, 0.25) is 6.23 Å². The number of hydrogen-bond acceptors (Lipinski definition) is 7.